The van der Waals surface area contributed by atoms with E-state index in [4.69, 9.17) is 4.74 Å². The van der Waals surface area contributed by atoms with E-state index >= 15 is 0 Å². The lowest BCUT2D eigenvalue weighted by molar-refractivity contribution is 0.336. The van der Waals surface area contributed by atoms with E-state index in [0.29, 0.717) is 12.2 Å². The Morgan fingerprint density at radius 1 is 0.867 bits per heavy atom. The molecule has 2 aliphatic carbocycles. The second-order valence-corrected chi connectivity index (χ2v) is 5.63. The monoisotopic (exact) mass is 206 g/mol. The predicted octanol–water partition coefficient (Wildman–Crippen LogP) is 3.69. The second kappa shape index (κ2) is 3.93. The fourth-order valence-electron chi connectivity index (χ4n) is 3.55. The molecule has 2 saturated carbocycles. The molecule has 1 nitrogen and oxygen atoms in total. The number of ether oxygens (including phenoxy) is 1. The Kier molecular flexibility index (Phi) is 2.59. The van der Waals surface area contributed by atoms with Crippen molar-refractivity contribution in [1.29, 1.82) is 0 Å². The van der Waals surface area contributed by atoms with Gasteiger partial charge in [0.25, 0.3) is 0 Å². The Morgan fingerprint density at radius 3 is 2.40 bits per heavy atom. The van der Waals surface area contributed by atoms with Crippen molar-refractivity contribution >= 4 is 0 Å². The van der Waals surface area contributed by atoms with Crippen LogP contribution >= 0.6 is 0 Å². The Hall–Kier alpha value is -0.300. The average molecular weight is 206 g/mol. The zero-order valence-electron chi connectivity index (χ0n) is 9.58. The maximum absolute atomic E-state index is 5.60. The van der Waals surface area contributed by atoms with Gasteiger partial charge in [0.2, 0.25) is 0 Å². The number of hydrogen-bond acceptors (Lipinski definition) is 1. The molecule has 3 aliphatic rings. The van der Waals surface area contributed by atoms with Gasteiger partial charge in [0, 0.05) is 0 Å². The van der Waals surface area contributed by atoms with Crippen LogP contribution < -0.4 is 0 Å². The quantitative estimate of drug-likeness (QED) is 0.496. The van der Waals surface area contributed by atoms with Crippen molar-refractivity contribution in [2.75, 3.05) is 0 Å². The highest BCUT2D eigenvalue weighted by atomic mass is 16.6. The molecule has 0 aromatic carbocycles. The molecule has 84 valence electrons. The normalized spacial score (nSPS) is 40.9. The van der Waals surface area contributed by atoms with Gasteiger partial charge >= 0.3 is 0 Å². The molecule has 15 heavy (non-hydrogen) atoms. The molecule has 0 radical (unpaired) electrons. The molecule has 1 heteroatoms. The summed E-state index contributed by atoms with van der Waals surface area (Å²) in [6.45, 7) is 4.40. The highest BCUT2D eigenvalue weighted by molar-refractivity contribution is 5.11. The van der Waals surface area contributed by atoms with Crippen LogP contribution in [0.3, 0.4) is 0 Å². The van der Waals surface area contributed by atoms with E-state index in [1.54, 1.807) is 5.57 Å². The third-order valence-corrected chi connectivity index (χ3v) is 4.66. The van der Waals surface area contributed by atoms with Gasteiger partial charge in [-0.2, -0.15) is 0 Å². The highest BCUT2D eigenvalue weighted by Crippen LogP contribution is 2.45. The highest BCUT2D eigenvalue weighted by Gasteiger charge is 2.44. The smallest absolute Gasteiger partial charge is 0.0847 e. The molecule has 0 N–H and O–H groups in total. The van der Waals surface area contributed by atoms with Crippen LogP contribution in [0.15, 0.2) is 12.2 Å². The molecule has 0 spiro atoms. The minimum atomic E-state index is 0.615. The minimum Gasteiger partial charge on any atom is -0.370 e. The van der Waals surface area contributed by atoms with Gasteiger partial charge in [-0.3, -0.25) is 0 Å². The Morgan fingerprint density at radius 2 is 1.67 bits per heavy atom. The lowest BCUT2D eigenvalue weighted by atomic mass is 9.74. The molecule has 0 bridgehead atoms. The fourth-order valence-corrected chi connectivity index (χ4v) is 3.55. The van der Waals surface area contributed by atoms with E-state index in [2.05, 4.69) is 6.58 Å². The summed E-state index contributed by atoms with van der Waals surface area (Å²) in [7, 11) is 0. The zero-order chi connectivity index (χ0) is 10.3. The minimum absolute atomic E-state index is 0.615. The molecule has 1 heterocycles. The molecule has 0 aromatic rings. The molecule has 1 saturated heterocycles. The van der Waals surface area contributed by atoms with Gasteiger partial charge in [-0.15, -0.1) is 0 Å². The van der Waals surface area contributed by atoms with Crippen LogP contribution in [0.1, 0.15) is 51.4 Å². The standard InChI is InChI=1S/C14H22O/c1-10(11-5-3-2-4-6-11)12-7-8-13-14(9-12)15-13/h11-14H,1-9H2. The largest absolute Gasteiger partial charge is 0.370 e. The summed E-state index contributed by atoms with van der Waals surface area (Å²) in [5.41, 5.74) is 1.57. The second-order valence-electron chi connectivity index (χ2n) is 5.63. The first-order valence-electron chi connectivity index (χ1n) is 6.69. The number of hydrogen-bond donors (Lipinski definition) is 0. The lowest BCUT2D eigenvalue weighted by Crippen LogP contribution is -2.20. The molecule has 3 unspecified atom stereocenters. The topological polar surface area (TPSA) is 12.5 Å². The first-order valence-corrected chi connectivity index (χ1v) is 6.69. The van der Waals surface area contributed by atoms with Crippen molar-refractivity contribution in [2.24, 2.45) is 11.8 Å². The molecular formula is C14H22O. The zero-order valence-corrected chi connectivity index (χ0v) is 9.58. The summed E-state index contributed by atoms with van der Waals surface area (Å²) in [6, 6.07) is 0. The van der Waals surface area contributed by atoms with Crippen molar-refractivity contribution in [1.82, 2.24) is 0 Å². The van der Waals surface area contributed by atoms with Gasteiger partial charge < -0.3 is 4.74 Å². The van der Waals surface area contributed by atoms with Crippen LogP contribution in [-0.4, -0.2) is 12.2 Å². The van der Waals surface area contributed by atoms with Crippen LogP contribution in [0.5, 0.6) is 0 Å². The molecular weight excluding hydrogens is 184 g/mol. The first-order chi connectivity index (χ1) is 7.34. The number of epoxide rings is 1. The maximum Gasteiger partial charge on any atom is 0.0847 e. The SMILES string of the molecule is C=C(C1CCCCC1)C1CCC2OC2C1. The molecule has 3 fully saturated rings. The first kappa shape index (κ1) is 9.89. The predicted molar refractivity (Wildman–Crippen MR) is 61.7 cm³/mol. The lowest BCUT2D eigenvalue weighted by Gasteiger charge is -2.30. The summed E-state index contributed by atoms with van der Waals surface area (Å²) >= 11 is 0. The summed E-state index contributed by atoms with van der Waals surface area (Å²) in [6.07, 6.45) is 12.3. The van der Waals surface area contributed by atoms with Crippen molar-refractivity contribution in [3.05, 3.63) is 12.2 Å². The van der Waals surface area contributed by atoms with Crippen LogP contribution in [0.4, 0.5) is 0 Å². The van der Waals surface area contributed by atoms with Gasteiger partial charge in [0.1, 0.15) is 0 Å². The third-order valence-electron chi connectivity index (χ3n) is 4.66. The molecule has 1 aliphatic heterocycles. The Bertz CT molecular complexity index is 252. The molecule has 3 rings (SSSR count). The van der Waals surface area contributed by atoms with Crippen LogP contribution in [0.2, 0.25) is 0 Å². The molecule has 0 amide bonds. The van der Waals surface area contributed by atoms with E-state index in [-0.39, 0.29) is 0 Å². The van der Waals surface area contributed by atoms with Gasteiger partial charge in [-0.1, -0.05) is 31.4 Å². The average Bonchev–Trinajstić information content (AvgIpc) is 3.07. The van der Waals surface area contributed by atoms with Gasteiger partial charge in [-0.05, 0) is 43.9 Å². The number of rotatable bonds is 2. The van der Waals surface area contributed by atoms with E-state index in [9.17, 15) is 0 Å². The van der Waals surface area contributed by atoms with Crippen molar-refractivity contribution in [2.45, 2.75) is 63.6 Å². The summed E-state index contributed by atoms with van der Waals surface area (Å²) in [5, 5.41) is 0. The van der Waals surface area contributed by atoms with E-state index in [1.807, 2.05) is 0 Å². The van der Waals surface area contributed by atoms with Crippen molar-refractivity contribution in [3.63, 3.8) is 0 Å². The summed E-state index contributed by atoms with van der Waals surface area (Å²) in [4.78, 5) is 0. The van der Waals surface area contributed by atoms with Crippen molar-refractivity contribution < 1.29 is 4.74 Å². The maximum atomic E-state index is 5.60. The Balaban J connectivity index is 1.58. The Labute approximate surface area is 92.9 Å². The van der Waals surface area contributed by atoms with Crippen LogP contribution in [0, 0.1) is 11.8 Å². The summed E-state index contributed by atoms with van der Waals surface area (Å²) in [5.74, 6) is 1.64. The summed E-state index contributed by atoms with van der Waals surface area (Å²) < 4.78 is 5.60. The molecule has 3 atom stereocenters. The van der Waals surface area contributed by atoms with E-state index in [0.717, 1.165) is 11.8 Å². The fraction of sp³-hybridized carbons (Fsp3) is 0.857. The van der Waals surface area contributed by atoms with Gasteiger partial charge in [-0.25, -0.2) is 0 Å². The van der Waals surface area contributed by atoms with Crippen molar-refractivity contribution in [3.8, 4) is 0 Å². The number of fused-ring (bicyclic) bond motifs is 1. The van der Waals surface area contributed by atoms with E-state index < -0.39 is 0 Å². The molecule has 0 aromatic heterocycles. The van der Waals surface area contributed by atoms with E-state index in [1.165, 1.54) is 51.4 Å². The van der Waals surface area contributed by atoms with Crippen LogP contribution in [0.25, 0.3) is 0 Å². The third kappa shape index (κ3) is 1.99. The van der Waals surface area contributed by atoms with Gasteiger partial charge in [0.05, 0.1) is 12.2 Å². The van der Waals surface area contributed by atoms with Crippen LogP contribution in [-0.2, 0) is 4.74 Å². The van der Waals surface area contributed by atoms with Gasteiger partial charge in [0.15, 0.2) is 0 Å². The number of allylic oxidation sites excluding steroid dienone is 1.